The molecule has 3 aromatic carbocycles. The van der Waals surface area contributed by atoms with Crippen molar-refractivity contribution in [2.24, 2.45) is 5.14 Å². The van der Waals surface area contributed by atoms with Gasteiger partial charge in [-0.2, -0.15) is 0 Å². The van der Waals surface area contributed by atoms with Crippen molar-refractivity contribution in [3.8, 4) is 5.75 Å². The van der Waals surface area contributed by atoms with Crippen molar-refractivity contribution in [1.29, 1.82) is 0 Å². The maximum atomic E-state index is 12.7. The van der Waals surface area contributed by atoms with E-state index in [2.05, 4.69) is 9.97 Å². The predicted molar refractivity (Wildman–Crippen MR) is 125 cm³/mol. The van der Waals surface area contributed by atoms with Crippen LogP contribution in [0.15, 0.2) is 82.5 Å². The number of aromatic nitrogens is 2. The second-order valence-electron chi connectivity index (χ2n) is 7.36. The first-order valence-corrected chi connectivity index (χ1v) is 11.8. The zero-order valence-electron chi connectivity index (χ0n) is 17.9. The first-order valence-electron chi connectivity index (χ1n) is 10.3. The fraction of sp³-hybridized carbons (Fsp3) is 0.125. The number of rotatable bonds is 8. The molecule has 4 aromatic rings. The molecule has 0 saturated carbocycles. The Kier molecular flexibility index (Phi) is 6.71. The molecule has 0 fully saturated rings. The van der Waals surface area contributed by atoms with Gasteiger partial charge in [0.1, 0.15) is 24.8 Å². The molecular formula is C24H21N3O6S. The Morgan fingerprint density at radius 1 is 0.941 bits per heavy atom. The van der Waals surface area contributed by atoms with Gasteiger partial charge in [-0.05, 0) is 48.0 Å². The molecule has 4 rings (SSSR count). The topological polar surface area (TPSA) is 141 Å². The highest BCUT2D eigenvalue weighted by molar-refractivity contribution is 7.89. The zero-order chi connectivity index (χ0) is 24.1. The lowest BCUT2D eigenvalue weighted by Crippen LogP contribution is -2.16. The second kappa shape index (κ2) is 9.86. The van der Waals surface area contributed by atoms with Crippen LogP contribution in [0.5, 0.6) is 5.75 Å². The highest BCUT2D eigenvalue weighted by atomic mass is 32.2. The number of sulfonamides is 1. The SMILES string of the molecule is NS(=O)(=O)c1ccc(OCCOC(=O)c2ccccc2Cc2nc3ccccc3c(=O)[nH]2)cc1. The Morgan fingerprint density at radius 2 is 1.65 bits per heavy atom. The van der Waals surface area contributed by atoms with Crippen LogP contribution >= 0.6 is 0 Å². The molecule has 1 heterocycles. The summed E-state index contributed by atoms with van der Waals surface area (Å²) in [6.45, 7) is 0.0529. The number of primary sulfonamides is 1. The minimum atomic E-state index is -3.78. The molecule has 0 saturated heterocycles. The van der Waals surface area contributed by atoms with Gasteiger partial charge < -0.3 is 14.5 Å². The van der Waals surface area contributed by atoms with Crippen LogP contribution in [-0.4, -0.2) is 37.6 Å². The summed E-state index contributed by atoms with van der Waals surface area (Å²) < 4.78 is 33.4. The number of hydrogen-bond acceptors (Lipinski definition) is 7. The summed E-state index contributed by atoms with van der Waals surface area (Å²) in [5.74, 6) is 0.317. The van der Waals surface area contributed by atoms with E-state index in [0.29, 0.717) is 33.6 Å². The summed E-state index contributed by atoms with van der Waals surface area (Å²) in [4.78, 5) is 32.2. The van der Waals surface area contributed by atoms with Gasteiger partial charge in [-0.25, -0.2) is 23.3 Å². The summed E-state index contributed by atoms with van der Waals surface area (Å²) in [7, 11) is -3.78. The predicted octanol–water partition coefficient (Wildman–Crippen LogP) is 2.40. The van der Waals surface area contributed by atoms with Gasteiger partial charge in [-0.15, -0.1) is 0 Å². The molecule has 34 heavy (non-hydrogen) atoms. The number of aromatic amines is 1. The van der Waals surface area contributed by atoms with Crippen LogP contribution in [0.25, 0.3) is 10.9 Å². The Hall–Kier alpha value is -4.02. The molecule has 0 radical (unpaired) electrons. The molecule has 9 nitrogen and oxygen atoms in total. The number of nitrogens with one attached hydrogen (secondary N) is 1. The van der Waals surface area contributed by atoms with Crippen molar-refractivity contribution < 1.29 is 22.7 Å². The average molecular weight is 480 g/mol. The van der Waals surface area contributed by atoms with Crippen LogP contribution in [0.2, 0.25) is 0 Å². The van der Waals surface area contributed by atoms with E-state index in [9.17, 15) is 18.0 Å². The number of nitrogens with two attached hydrogens (primary N) is 1. The lowest BCUT2D eigenvalue weighted by Gasteiger charge is -2.11. The van der Waals surface area contributed by atoms with E-state index in [1.54, 1.807) is 48.5 Å². The van der Waals surface area contributed by atoms with Gasteiger partial charge in [-0.1, -0.05) is 30.3 Å². The van der Waals surface area contributed by atoms with Crippen LogP contribution < -0.4 is 15.4 Å². The number of fused-ring (bicyclic) bond motifs is 1. The van der Waals surface area contributed by atoms with Crippen LogP contribution in [0.3, 0.4) is 0 Å². The minimum Gasteiger partial charge on any atom is -0.490 e. The van der Waals surface area contributed by atoms with Gasteiger partial charge in [0.05, 0.1) is 21.4 Å². The molecule has 0 aliphatic heterocycles. The smallest absolute Gasteiger partial charge is 0.338 e. The van der Waals surface area contributed by atoms with Crippen molar-refractivity contribution in [3.63, 3.8) is 0 Å². The van der Waals surface area contributed by atoms with E-state index >= 15 is 0 Å². The zero-order valence-corrected chi connectivity index (χ0v) is 18.7. The van der Waals surface area contributed by atoms with Crippen LogP contribution in [0, 0.1) is 0 Å². The van der Waals surface area contributed by atoms with E-state index in [0.717, 1.165) is 0 Å². The van der Waals surface area contributed by atoms with Crippen molar-refractivity contribution in [2.45, 2.75) is 11.3 Å². The van der Waals surface area contributed by atoms with Crippen molar-refractivity contribution in [1.82, 2.24) is 9.97 Å². The maximum absolute atomic E-state index is 12.7. The lowest BCUT2D eigenvalue weighted by atomic mass is 10.0. The molecule has 10 heteroatoms. The number of esters is 1. The van der Waals surface area contributed by atoms with Crippen LogP contribution in [-0.2, 0) is 21.2 Å². The first-order chi connectivity index (χ1) is 16.3. The van der Waals surface area contributed by atoms with Crippen molar-refractivity contribution >= 4 is 26.9 Å². The number of H-pyrrole nitrogens is 1. The van der Waals surface area contributed by atoms with Gasteiger partial charge >= 0.3 is 5.97 Å². The van der Waals surface area contributed by atoms with Gasteiger partial charge in [0.15, 0.2) is 0 Å². The monoisotopic (exact) mass is 479 g/mol. The fourth-order valence-corrected chi connectivity index (χ4v) is 3.89. The Labute approximate surface area is 195 Å². The van der Waals surface area contributed by atoms with Gasteiger partial charge in [-0.3, -0.25) is 4.79 Å². The van der Waals surface area contributed by atoms with Crippen molar-refractivity contribution in [2.75, 3.05) is 13.2 Å². The molecule has 174 valence electrons. The molecule has 0 spiro atoms. The van der Waals surface area contributed by atoms with E-state index in [-0.39, 0.29) is 30.1 Å². The number of carbonyl (C=O) groups is 1. The third-order valence-electron chi connectivity index (χ3n) is 4.99. The average Bonchev–Trinajstić information content (AvgIpc) is 2.82. The molecule has 0 aliphatic rings. The summed E-state index contributed by atoms with van der Waals surface area (Å²) in [5, 5.41) is 5.56. The lowest BCUT2D eigenvalue weighted by molar-refractivity contribution is 0.0449. The molecule has 0 bridgehead atoms. The molecule has 0 atom stereocenters. The van der Waals surface area contributed by atoms with E-state index in [1.165, 1.54) is 24.3 Å². The molecule has 0 unspecified atom stereocenters. The maximum Gasteiger partial charge on any atom is 0.338 e. The van der Waals surface area contributed by atoms with Crippen molar-refractivity contribution in [3.05, 3.63) is 100 Å². The molecular weight excluding hydrogens is 458 g/mol. The van der Waals surface area contributed by atoms with Gasteiger partial charge in [0.25, 0.3) is 5.56 Å². The molecule has 0 aliphatic carbocycles. The van der Waals surface area contributed by atoms with Gasteiger partial charge in [0.2, 0.25) is 10.0 Å². The normalized spacial score (nSPS) is 11.3. The number of nitrogens with zero attached hydrogens (tertiary/aromatic N) is 1. The third-order valence-corrected chi connectivity index (χ3v) is 5.92. The number of hydrogen-bond donors (Lipinski definition) is 2. The summed E-state index contributed by atoms with van der Waals surface area (Å²) in [6, 6.07) is 19.6. The number of benzene rings is 3. The molecule has 0 amide bonds. The highest BCUT2D eigenvalue weighted by Crippen LogP contribution is 2.16. The molecule has 1 aromatic heterocycles. The quantitative estimate of drug-likeness (QED) is 0.292. The Morgan fingerprint density at radius 3 is 2.41 bits per heavy atom. The minimum absolute atomic E-state index is 0.0187. The molecule has 3 N–H and O–H groups in total. The van der Waals surface area contributed by atoms with E-state index in [1.807, 2.05) is 0 Å². The number of ether oxygens (including phenoxy) is 2. The van der Waals surface area contributed by atoms with Gasteiger partial charge in [0, 0.05) is 6.42 Å². The first kappa shape index (κ1) is 23.1. The third kappa shape index (κ3) is 5.48. The summed E-state index contributed by atoms with van der Waals surface area (Å²) in [6.07, 6.45) is 0.248. The second-order valence-corrected chi connectivity index (χ2v) is 8.93. The standard InChI is InChI=1S/C24H21N3O6S/c25-34(30,31)18-11-9-17(10-12-18)32-13-14-33-24(29)19-6-2-1-5-16(19)15-22-26-21-8-4-3-7-20(21)23(28)27-22/h1-12H,13-15H2,(H2,25,30,31)(H,26,27,28). The fourth-order valence-electron chi connectivity index (χ4n) is 3.37. The van der Waals surface area contributed by atoms with Crippen LogP contribution in [0.1, 0.15) is 21.7 Å². The van der Waals surface area contributed by atoms with Crippen LogP contribution in [0.4, 0.5) is 0 Å². The largest absolute Gasteiger partial charge is 0.490 e. The summed E-state index contributed by atoms with van der Waals surface area (Å²) in [5.41, 5.74) is 1.35. The van der Waals surface area contributed by atoms with E-state index < -0.39 is 16.0 Å². The number of carbonyl (C=O) groups excluding carboxylic acids is 1. The summed E-state index contributed by atoms with van der Waals surface area (Å²) >= 11 is 0. The highest BCUT2D eigenvalue weighted by Gasteiger charge is 2.14. The van der Waals surface area contributed by atoms with E-state index in [4.69, 9.17) is 14.6 Å². The number of para-hydroxylation sites is 1. The Bertz CT molecular complexity index is 1500. The Balaban J connectivity index is 1.39.